The Bertz CT molecular complexity index is 325. The highest BCUT2D eigenvalue weighted by Gasteiger charge is 2.58. The Hall–Kier alpha value is -1.24. The third kappa shape index (κ3) is 1.75. The molecule has 2 fully saturated rings. The number of alkyl halides is 2. The van der Waals surface area contributed by atoms with Gasteiger partial charge in [-0.05, 0) is 12.8 Å². The van der Waals surface area contributed by atoms with Gasteiger partial charge >= 0.3 is 6.61 Å². The zero-order valence-corrected chi connectivity index (χ0v) is 8.49. The second-order valence-electron chi connectivity index (χ2n) is 4.18. The van der Waals surface area contributed by atoms with E-state index in [1.807, 2.05) is 0 Å². The molecule has 2 N–H and O–H groups in total. The maximum absolute atomic E-state index is 11.8. The van der Waals surface area contributed by atoms with Gasteiger partial charge in [-0.1, -0.05) is 0 Å². The number of likely N-dealkylation sites (tertiary alicyclic amines) is 1. The van der Waals surface area contributed by atoms with Crippen LogP contribution < -0.4 is 5.73 Å². The summed E-state index contributed by atoms with van der Waals surface area (Å²) in [7, 11) is 0. The first-order valence-corrected chi connectivity index (χ1v) is 4.98. The molecule has 5 nitrogen and oxygen atoms in total. The van der Waals surface area contributed by atoms with Crippen LogP contribution in [0.3, 0.4) is 0 Å². The molecule has 0 radical (unpaired) electrons. The zero-order valence-electron chi connectivity index (χ0n) is 8.49. The van der Waals surface area contributed by atoms with Gasteiger partial charge in [-0.3, -0.25) is 9.59 Å². The number of nitrogens with zero attached hydrogens (tertiary/aromatic N) is 1. The molecule has 1 heterocycles. The zero-order chi connectivity index (χ0) is 11.9. The fraction of sp³-hybridized carbons (Fsp3) is 0.778. The molecular formula is C9H12F2N2O3. The quantitative estimate of drug-likeness (QED) is 0.679. The van der Waals surface area contributed by atoms with E-state index >= 15 is 0 Å². The van der Waals surface area contributed by atoms with Gasteiger partial charge in [-0.2, -0.15) is 8.78 Å². The molecule has 2 rings (SSSR count). The van der Waals surface area contributed by atoms with Gasteiger partial charge in [-0.25, -0.2) is 0 Å². The fourth-order valence-electron chi connectivity index (χ4n) is 1.83. The summed E-state index contributed by atoms with van der Waals surface area (Å²) in [6.07, 6.45) is 0.281. The molecule has 1 saturated carbocycles. The third-order valence-electron chi connectivity index (χ3n) is 3.06. The summed E-state index contributed by atoms with van der Waals surface area (Å²) in [6, 6.07) is 0. The lowest BCUT2D eigenvalue weighted by Crippen LogP contribution is -2.58. The van der Waals surface area contributed by atoms with Gasteiger partial charge in [0.25, 0.3) is 0 Å². The van der Waals surface area contributed by atoms with Gasteiger partial charge in [0, 0.05) is 13.1 Å². The van der Waals surface area contributed by atoms with Crippen LogP contribution in [-0.2, 0) is 14.3 Å². The van der Waals surface area contributed by atoms with Crippen molar-refractivity contribution >= 4 is 11.8 Å². The van der Waals surface area contributed by atoms with Crippen LogP contribution >= 0.6 is 0 Å². The van der Waals surface area contributed by atoms with E-state index in [2.05, 4.69) is 4.74 Å². The molecule has 16 heavy (non-hydrogen) atoms. The minimum absolute atomic E-state index is 0.109. The first-order valence-electron chi connectivity index (χ1n) is 4.98. The summed E-state index contributed by atoms with van der Waals surface area (Å²) in [6.45, 7) is -2.61. The highest BCUT2D eigenvalue weighted by atomic mass is 19.3. The Balaban J connectivity index is 1.84. The van der Waals surface area contributed by atoms with E-state index in [0.717, 1.165) is 0 Å². The lowest BCUT2D eigenvalue weighted by molar-refractivity contribution is -0.200. The summed E-state index contributed by atoms with van der Waals surface area (Å²) in [5.74, 6) is -0.982. The second kappa shape index (κ2) is 3.65. The number of primary amides is 1. The molecule has 7 heteroatoms. The molecule has 2 amide bonds. The lowest BCUT2D eigenvalue weighted by atomic mass is 10.0. The van der Waals surface area contributed by atoms with Crippen molar-refractivity contribution in [2.24, 2.45) is 11.1 Å². The van der Waals surface area contributed by atoms with E-state index in [9.17, 15) is 18.4 Å². The van der Waals surface area contributed by atoms with Gasteiger partial charge in [0.1, 0.15) is 5.41 Å². The van der Waals surface area contributed by atoms with Crippen LogP contribution in [0.1, 0.15) is 12.8 Å². The average molecular weight is 234 g/mol. The minimum atomic E-state index is -2.83. The Labute approximate surface area is 90.5 Å². The average Bonchev–Trinajstić information content (AvgIpc) is 2.89. The third-order valence-corrected chi connectivity index (χ3v) is 3.06. The molecule has 90 valence electrons. The van der Waals surface area contributed by atoms with Gasteiger partial charge < -0.3 is 15.4 Å². The summed E-state index contributed by atoms with van der Waals surface area (Å²) in [4.78, 5) is 24.2. The Kier molecular flexibility index (Phi) is 2.57. The largest absolute Gasteiger partial charge is 0.369 e. The molecule has 0 aromatic heterocycles. The van der Waals surface area contributed by atoms with Crippen molar-refractivity contribution in [3.8, 4) is 0 Å². The van der Waals surface area contributed by atoms with Crippen LogP contribution in [0.5, 0.6) is 0 Å². The maximum Gasteiger partial charge on any atom is 0.345 e. The van der Waals surface area contributed by atoms with E-state index in [0.29, 0.717) is 12.8 Å². The van der Waals surface area contributed by atoms with Crippen molar-refractivity contribution in [1.29, 1.82) is 0 Å². The van der Waals surface area contributed by atoms with Gasteiger partial charge in [0.05, 0.1) is 6.10 Å². The van der Waals surface area contributed by atoms with E-state index in [1.165, 1.54) is 4.90 Å². The summed E-state index contributed by atoms with van der Waals surface area (Å²) >= 11 is 0. The van der Waals surface area contributed by atoms with E-state index in [1.54, 1.807) is 0 Å². The second-order valence-corrected chi connectivity index (χ2v) is 4.18. The van der Waals surface area contributed by atoms with Crippen LogP contribution in [0.4, 0.5) is 8.78 Å². The van der Waals surface area contributed by atoms with Gasteiger partial charge in [0.2, 0.25) is 11.8 Å². The Morgan fingerprint density at radius 1 is 1.38 bits per heavy atom. The van der Waals surface area contributed by atoms with E-state index < -0.39 is 24.0 Å². The number of hydrogen-bond donors (Lipinski definition) is 1. The van der Waals surface area contributed by atoms with Crippen molar-refractivity contribution < 1.29 is 23.1 Å². The molecule has 0 aromatic carbocycles. The van der Waals surface area contributed by atoms with Crippen molar-refractivity contribution in [3.63, 3.8) is 0 Å². The number of ether oxygens (including phenoxy) is 1. The molecule has 1 aliphatic heterocycles. The number of hydrogen-bond acceptors (Lipinski definition) is 3. The van der Waals surface area contributed by atoms with Crippen LogP contribution in [0.15, 0.2) is 0 Å². The molecule has 0 atom stereocenters. The summed E-state index contributed by atoms with van der Waals surface area (Å²) in [5, 5.41) is 0. The molecule has 0 unspecified atom stereocenters. The molecule has 2 aliphatic rings. The number of nitrogens with two attached hydrogens (primary N) is 1. The van der Waals surface area contributed by atoms with Crippen LogP contribution in [0.25, 0.3) is 0 Å². The number of carbonyl (C=O) groups excluding carboxylic acids is 2. The number of rotatable bonds is 4. The first kappa shape index (κ1) is 11.3. The molecular weight excluding hydrogens is 222 g/mol. The Morgan fingerprint density at radius 2 is 1.94 bits per heavy atom. The Morgan fingerprint density at radius 3 is 2.31 bits per heavy atom. The standard InChI is InChI=1S/C9H12F2N2O3/c10-8(11)16-5-3-13(4-5)7(15)9(1-2-9)6(12)14/h5,8H,1-4H2,(H2,12,14). The number of amides is 2. The highest BCUT2D eigenvalue weighted by molar-refractivity contribution is 6.07. The van der Waals surface area contributed by atoms with Gasteiger partial charge in [-0.15, -0.1) is 0 Å². The summed E-state index contributed by atoms with van der Waals surface area (Å²) in [5.41, 5.74) is 4.07. The SMILES string of the molecule is NC(=O)C1(C(=O)N2CC(OC(F)F)C2)CC1. The van der Waals surface area contributed by atoms with E-state index in [4.69, 9.17) is 5.73 Å². The molecule has 0 spiro atoms. The fourth-order valence-corrected chi connectivity index (χ4v) is 1.83. The minimum Gasteiger partial charge on any atom is -0.369 e. The molecule has 0 aromatic rings. The lowest BCUT2D eigenvalue weighted by Gasteiger charge is -2.40. The van der Waals surface area contributed by atoms with Crippen molar-refractivity contribution in [2.45, 2.75) is 25.6 Å². The van der Waals surface area contributed by atoms with Gasteiger partial charge in [0.15, 0.2) is 0 Å². The number of halogens is 2. The van der Waals surface area contributed by atoms with Crippen molar-refractivity contribution in [1.82, 2.24) is 4.90 Å². The van der Waals surface area contributed by atoms with E-state index in [-0.39, 0.29) is 19.0 Å². The van der Waals surface area contributed by atoms with Crippen LogP contribution in [0, 0.1) is 5.41 Å². The molecule has 1 saturated heterocycles. The predicted octanol–water partition coefficient (Wildman–Crippen LogP) is -0.298. The van der Waals surface area contributed by atoms with Crippen molar-refractivity contribution in [2.75, 3.05) is 13.1 Å². The number of carbonyl (C=O) groups is 2. The highest BCUT2D eigenvalue weighted by Crippen LogP contribution is 2.47. The smallest absolute Gasteiger partial charge is 0.345 e. The predicted molar refractivity (Wildman–Crippen MR) is 48.3 cm³/mol. The van der Waals surface area contributed by atoms with Crippen LogP contribution in [0.2, 0.25) is 0 Å². The summed E-state index contributed by atoms with van der Waals surface area (Å²) < 4.78 is 27.8. The monoisotopic (exact) mass is 234 g/mol. The maximum atomic E-state index is 11.8. The normalized spacial score (nSPS) is 23.1. The molecule has 1 aliphatic carbocycles. The topological polar surface area (TPSA) is 72.6 Å². The first-order chi connectivity index (χ1) is 7.45. The van der Waals surface area contributed by atoms with Crippen molar-refractivity contribution in [3.05, 3.63) is 0 Å². The molecule has 0 bridgehead atoms. The van der Waals surface area contributed by atoms with Crippen LogP contribution in [-0.4, -0.2) is 42.5 Å².